The number of nitrogens with one attached hydrogen (secondary N) is 1. The summed E-state index contributed by atoms with van der Waals surface area (Å²) in [6.07, 6.45) is 0.690. The molecular formula is C15H13F2NO4S. The van der Waals surface area contributed by atoms with Crippen molar-refractivity contribution in [3.8, 4) is 11.5 Å². The Morgan fingerprint density at radius 2 is 1.70 bits per heavy atom. The Morgan fingerprint density at radius 3 is 2.43 bits per heavy atom. The zero-order chi connectivity index (χ0) is 16.4. The Kier molecular flexibility index (Phi) is 4.08. The number of hydrogen-bond acceptors (Lipinski definition) is 4. The molecule has 5 nitrogen and oxygen atoms in total. The predicted molar refractivity (Wildman–Crippen MR) is 79.2 cm³/mol. The van der Waals surface area contributed by atoms with E-state index in [1.165, 1.54) is 18.2 Å². The minimum absolute atomic E-state index is 0.106. The van der Waals surface area contributed by atoms with Crippen molar-refractivity contribution in [3.05, 3.63) is 48.0 Å². The smallest absolute Gasteiger partial charge is 0.262 e. The van der Waals surface area contributed by atoms with Crippen molar-refractivity contribution < 1.29 is 26.7 Å². The fraction of sp³-hybridized carbons (Fsp3) is 0.200. The Bertz CT molecular complexity index is 839. The van der Waals surface area contributed by atoms with E-state index in [0.717, 1.165) is 12.1 Å². The van der Waals surface area contributed by atoms with Crippen LogP contribution >= 0.6 is 0 Å². The second-order valence-electron chi connectivity index (χ2n) is 4.89. The first-order valence-electron chi connectivity index (χ1n) is 6.83. The van der Waals surface area contributed by atoms with Crippen LogP contribution in [0.2, 0.25) is 0 Å². The quantitative estimate of drug-likeness (QED) is 0.932. The molecule has 0 spiro atoms. The number of hydrogen-bond donors (Lipinski definition) is 1. The zero-order valence-corrected chi connectivity index (χ0v) is 12.7. The van der Waals surface area contributed by atoms with Crippen molar-refractivity contribution in [2.24, 2.45) is 0 Å². The molecule has 8 heteroatoms. The standard InChI is InChI=1S/C15H13F2NO4S/c16-10-2-4-13(12(17)8-10)18-23(19,20)11-3-5-14-15(9-11)22-7-1-6-21-14/h2-5,8-9,18H,1,6-7H2. The third kappa shape index (κ3) is 3.37. The molecule has 122 valence electrons. The van der Waals surface area contributed by atoms with Crippen molar-refractivity contribution in [2.75, 3.05) is 17.9 Å². The summed E-state index contributed by atoms with van der Waals surface area (Å²) in [6.45, 7) is 0.897. The average Bonchev–Trinajstić information content (AvgIpc) is 2.74. The molecule has 0 aromatic heterocycles. The predicted octanol–water partition coefficient (Wildman–Crippen LogP) is 2.93. The maximum atomic E-state index is 13.6. The topological polar surface area (TPSA) is 64.6 Å². The summed E-state index contributed by atoms with van der Waals surface area (Å²) in [4.78, 5) is -0.106. The molecule has 3 rings (SSSR count). The molecule has 0 unspecified atom stereocenters. The highest BCUT2D eigenvalue weighted by Crippen LogP contribution is 2.32. The highest BCUT2D eigenvalue weighted by molar-refractivity contribution is 7.92. The molecule has 0 amide bonds. The van der Waals surface area contributed by atoms with Gasteiger partial charge in [-0.15, -0.1) is 0 Å². The lowest BCUT2D eigenvalue weighted by molar-refractivity contribution is 0.297. The molecule has 1 aliphatic rings. The van der Waals surface area contributed by atoms with Crippen LogP contribution in [0.5, 0.6) is 11.5 Å². The summed E-state index contributed by atoms with van der Waals surface area (Å²) in [6, 6.07) is 6.71. The molecule has 0 bridgehead atoms. The molecule has 0 atom stereocenters. The van der Waals surface area contributed by atoms with Crippen molar-refractivity contribution >= 4 is 15.7 Å². The minimum Gasteiger partial charge on any atom is -0.490 e. The molecule has 2 aromatic carbocycles. The molecule has 0 radical (unpaired) electrons. The van der Waals surface area contributed by atoms with E-state index in [2.05, 4.69) is 4.72 Å². The summed E-state index contributed by atoms with van der Waals surface area (Å²) in [5, 5.41) is 0. The molecule has 1 N–H and O–H groups in total. The van der Waals surface area contributed by atoms with Crippen LogP contribution in [-0.2, 0) is 10.0 Å². The number of halogens is 2. The van der Waals surface area contributed by atoms with Gasteiger partial charge in [0.1, 0.15) is 11.6 Å². The molecule has 23 heavy (non-hydrogen) atoms. The van der Waals surface area contributed by atoms with E-state index >= 15 is 0 Å². The Balaban J connectivity index is 1.92. The van der Waals surface area contributed by atoms with Crippen molar-refractivity contribution in [1.29, 1.82) is 0 Å². The van der Waals surface area contributed by atoms with Crippen molar-refractivity contribution in [1.82, 2.24) is 0 Å². The van der Waals surface area contributed by atoms with Gasteiger partial charge < -0.3 is 9.47 Å². The fourth-order valence-electron chi connectivity index (χ4n) is 2.09. The Hall–Kier alpha value is -2.35. The third-order valence-corrected chi connectivity index (χ3v) is 4.57. The highest BCUT2D eigenvalue weighted by atomic mass is 32.2. The lowest BCUT2D eigenvalue weighted by atomic mass is 10.3. The van der Waals surface area contributed by atoms with Crippen LogP contribution in [0.1, 0.15) is 6.42 Å². The lowest BCUT2D eigenvalue weighted by Gasteiger charge is -2.12. The van der Waals surface area contributed by atoms with E-state index < -0.39 is 21.7 Å². The first kappa shape index (κ1) is 15.5. The van der Waals surface area contributed by atoms with E-state index in [0.29, 0.717) is 37.2 Å². The van der Waals surface area contributed by atoms with Gasteiger partial charge in [0.2, 0.25) is 0 Å². The second-order valence-corrected chi connectivity index (χ2v) is 6.57. The molecule has 1 aliphatic heterocycles. The van der Waals surface area contributed by atoms with Gasteiger partial charge in [-0.2, -0.15) is 0 Å². The van der Waals surface area contributed by atoms with E-state index in [1.807, 2.05) is 0 Å². The van der Waals surface area contributed by atoms with Gasteiger partial charge in [0.15, 0.2) is 11.5 Å². The van der Waals surface area contributed by atoms with Gasteiger partial charge in [0.25, 0.3) is 10.0 Å². The number of ether oxygens (including phenoxy) is 2. The van der Waals surface area contributed by atoms with Crippen LogP contribution in [0.15, 0.2) is 41.3 Å². The van der Waals surface area contributed by atoms with Gasteiger partial charge in [0.05, 0.1) is 23.8 Å². The number of benzene rings is 2. The lowest BCUT2D eigenvalue weighted by Crippen LogP contribution is -2.14. The highest BCUT2D eigenvalue weighted by Gasteiger charge is 2.20. The maximum Gasteiger partial charge on any atom is 0.262 e. The second kappa shape index (κ2) is 6.04. The summed E-state index contributed by atoms with van der Waals surface area (Å²) in [5.74, 6) is -1.02. The number of rotatable bonds is 3. The SMILES string of the molecule is O=S(=O)(Nc1ccc(F)cc1F)c1ccc2c(c1)OCCCO2. The summed E-state index contributed by atoms with van der Waals surface area (Å²) in [7, 11) is -4.04. The van der Waals surface area contributed by atoms with Crippen LogP contribution in [0.25, 0.3) is 0 Å². The molecule has 0 fully saturated rings. The van der Waals surface area contributed by atoms with Crippen LogP contribution in [-0.4, -0.2) is 21.6 Å². The van der Waals surface area contributed by atoms with Gasteiger partial charge in [-0.25, -0.2) is 17.2 Å². The van der Waals surface area contributed by atoms with Crippen molar-refractivity contribution in [3.63, 3.8) is 0 Å². The molecule has 0 aliphatic carbocycles. The molecular weight excluding hydrogens is 328 g/mol. The monoisotopic (exact) mass is 341 g/mol. The normalized spacial score (nSPS) is 14.2. The Morgan fingerprint density at radius 1 is 0.957 bits per heavy atom. The number of fused-ring (bicyclic) bond motifs is 1. The van der Waals surface area contributed by atoms with E-state index in [1.54, 1.807) is 0 Å². The van der Waals surface area contributed by atoms with E-state index in [-0.39, 0.29) is 10.6 Å². The van der Waals surface area contributed by atoms with Crippen LogP contribution in [0.3, 0.4) is 0 Å². The molecule has 1 heterocycles. The van der Waals surface area contributed by atoms with Gasteiger partial charge in [-0.1, -0.05) is 0 Å². The summed E-state index contributed by atoms with van der Waals surface area (Å²) in [5.41, 5.74) is -0.335. The third-order valence-electron chi connectivity index (χ3n) is 3.20. The number of sulfonamides is 1. The van der Waals surface area contributed by atoms with Crippen LogP contribution in [0, 0.1) is 11.6 Å². The van der Waals surface area contributed by atoms with Gasteiger partial charge in [-0.05, 0) is 24.3 Å². The Labute approximate surface area is 131 Å². The van der Waals surface area contributed by atoms with Crippen LogP contribution in [0.4, 0.5) is 14.5 Å². The van der Waals surface area contributed by atoms with E-state index in [9.17, 15) is 17.2 Å². The maximum absolute atomic E-state index is 13.6. The number of anilines is 1. The van der Waals surface area contributed by atoms with Gasteiger partial charge >= 0.3 is 0 Å². The molecule has 0 saturated carbocycles. The minimum atomic E-state index is -4.04. The largest absolute Gasteiger partial charge is 0.490 e. The fourth-order valence-corrected chi connectivity index (χ4v) is 3.17. The summed E-state index contributed by atoms with van der Waals surface area (Å²) >= 11 is 0. The van der Waals surface area contributed by atoms with E-state index in [4.69, 9.17) is 9.47 Å². The zero-order valence-electron chi connectivity index (χ0n) is 11.9. The molecule has 0 saturated heterocycles. The summed E-state index contributed by atoms with van der Waals surface area (Å²) < 4.78 is 64.1. The first-order chi connectivity index (χ1) is 11.0. The molecule has 2 aromatic rings. The first-order valence-corrected chi connectivity index (χ1v) is 8.31. The average molecular weight is 341 g/mol. The van der Waals surface area contributed by atoms with Crippen LogP contribution < -0.4 is 14.2 Å². The van der Waals surface area contributed by atoms with Gasteiger partial charge in [0, 0.05) is 18.6 Å². The van der Waals surface area contributed by atoms with Gasteiger partial charge in [-0.3, -0.25) is 4.72 Å². The van der Waals surface area contributed by atoms with Crippen molar-refractivity contribution in [2.45, 2.75) is 11.3 Å².